The highest BCUT2D eigenvalue weighted by molar-refractivity contribution is 7.13. The first-order chi connectivity index (χ1) is 21.4. The number of hydrogen-bond donors (Lipinski definition) is 3. The number of ether oxygens (including phenoxy) is 2. The van der Waals surface area contributed by atoms with Gasteiger partial charge in [-0.15, -0.1) is 11.3 Å². The molecule has 11 heteroatoms. The van der Waals surface area contributed by atoms with Crippen LogP contribution in [0.5, 0.6) is 5.75 Å². The lowest BCUT2D eigenvalue weighted by atomic mass is 9.93. The highest BCUT2D eigenvalue weighted by Crippen LogP contribution is 2.43. The molecule has 0 fully saturated rings. The molecule has 4 heterocycles. The van der Waals surface area contributed by atoms with Gasteiger partial charge < -0.3 is 25.8 Å². The Kier molecular flexibility index (Phi) is 7.95. The zero-order valence-corrected chi connectivity index (χ0v) is 24.9. The molecule has 222 valence electrons. The first kappa shape index (κ1) is 28.8. The van der Waals surface area contributed by atoms with Crippen molar-refractivity contribution in [3.63, 3.8) is 0 Å². The Hall–Kier alpha value is -5.29. The Morgan fingerprint density at radius 2 is 1.89 bits per heavy atom. The van der Waals surface area contributed by atoms with E-state index in [4.69, 9.17) is 15.2 Å². The lowest BCUT2D eigenvalue weighted by Gasteiger charge is -2.17. The number of methoxy groups -OCH3 is 1. The summed E-state index contributed by atoms with van der Waals surface area (Å²) < 4.78 is 11.2. The Labute approximate surface area is 257 Å². The van der Waals surface area contributed by atoms with Crippen molar-refractivity contribution in [2.45, 2.75) is 19.8 Å². The maximum absolute atomic E-state index is 14.1. The zero-order chi connectivity index (χ0) is 30.8. The fraction of sp³-hybridized carbons (Fsp3) is 0.182. The summed E-state index contributed by atoms with van der Waals surface area (Å²) in [4.78, 5) is 49.4. The topological polar surface area (TPSA) is 146 Å². The van der Waals surface area contributed by atoms with E-state index in [1.165, 1.54) is 13.2 Å². The van der Waals surface area contributed by atoms with E-state index in [1.54, 1.807) is 47.9 Å². The van der Waals surface area contributed by atoms with E-state index >= 15 is 0 Å². The normalized spacial score (nSPS) is 12.0. The number of hydrogen-bond acceptors (Lipinski definition) is 9. The van der Waals surface area contributed by atoms with E-state index in [9.17, 15) is 14.4 Å². The van der Waals surface area contributed by atoms with Crippen LogP contribution in [0.1, 0.15) is 50.2 Å². The highest BCUT2D eigenvalue weighted by Gasteiger charge is 2.27. The van der Waals surface area contributed by atoms with Gasteiger partial charge >= 0.3 is 5.97 Å². The van der Waals surface area contributed by atoms with E-state index in [2.05, 4.69) is 26.7 Å². The van der Waals surface area contributed by atoms with E-state index in [0.717, 1.165) is 39.6 Å². The number of thiophene rings is 1. The summed E-state index contributed by atoms with van der Waals surface area (Å²) in [5.41, 5.74) is 9.47. The molecule has 3 aromatic heterocycles. The highest BCUT2D eigenvalue weighted by atomic mass is 32.1. The van der Waals surface area contributed by atoms with Gasteiger partial charge in [-0.1, -0.05) is 6.92 Å². The Bertz CT molecular complexity index is 1940. The summed E-state index contributed by atoms with van der Waals surface area (Å²) >= 11 is 1.57. The van der Waals surface area contributed by atoms with Gasteiger partial charge in [0.15, 0.2) is 5.69 Å². The van der Waals surface area contributed by atoms with Crippen LogP contribution in [0.3, 0.4) is 0 Å². The van der Waals surface area contributed by atoms with E-state index in [1.807, 2.05) is 24.4 Å². The molecule has 0 saturated heterocycles. The molecule has 1 aliphatic rings. The molecule has 6 rings (SSSR count). The van der Waals surface area contributed by atoms with Crippen LogP contribution < -0.4 is 21.1 Å². The van der Waals surface area contributed by atoms with Gasteiger partial charge in [-0.25, -0.2) is 14.8 Å². The van der Waals surface area contributed by atoms with Crippen molar-refractivity contribution in [3.05, 3.63) is 88.7 Å². The van der Waals surface area contributed by atoms with Crippen molar-refractivity contribution in [1.29, 1.82) is 0 Å². The monoisotopic (exact) mass is 607 g/mol. The summed E-state index contributed by atoms with van der Waals surface area (Å²) in [5.74, 6) is -0.591. The molecular formula is C33H29N5O5S. The fourth-order valence-corrected chi connectivity index (χ4v) is 6.17. The van der Waals surface area contributed by atoms with Crippen molar-refractivity contribution < 1.29 is 23.9 Å². The number of carbonyl (C=O) groups is 3. The predicted molar refractivity (Wildman–Crippen MR) is 170 cm³/mol. The number of nitrogens with one attached hydrogen (secondary N) is 2. The second-order valence-corrected chi connectivity index (χ2v) is 11.1. The van der Waals surface area contributed by atoms with Crippen LogP contribution in [0.15, 0.2) is 66.2 Å². The van der Waals surface area contributed by atoms with Crippen LogP contribution in [0.2, 0.25) is 0 Å². The number of amides is 2. The number of nitrogens with zero attached hydrogens (tertiary/aromatic N) is 2. The first-order valence-corrected chi connectivity index (χ1v) is 15.0. The minimum Gasteiger partial charge on any atom is -0.493 e. The van der Waals surface area contributed by atoms with Gasteiger partial charge in [0.1, 0.15) is 17.3 Å². The second kappa shape index (κ2) is 12.1. The van der Waals surface area contributed by atoms with Crippen molar-refractivity contribution in [2.24, 2.45) is 0 Å². The fourth-order valence-electron chi connectivity index (χ4n) is 5.19. The van der Waals surface area contributed by atoms with Gasteiger partial charge in [-0.2, -0.15) is 0 Å². The van der Waals surface area contributed by atoms with Crippen LogP contribution in [-0.4, -0.2) is 48.0 Å². The van der Waals surface area contributed by atoms with Crippen molar-refractivity contribution in [3.8, 4) is 27.3 Å². The van der Waals surface area contributed by atoms with Gasteiger partial charge in [0, 0.05) is 57.4 Å². The number of carbonyl (C=O) groups excluding carboxylic acids is 3. The third kappa shape index (κ3) is 5.45. The van der Waals surface area contributed by atoms with Gasteiger partial charge in [0.2, 0.25) is 0 Å². The second-order valence-electron chi connectivity index (χ2n) is 10.2. The van der Waals surface area contributed by atoms with Gasteiger partial charge in [-0.05, 0) is 77.3 Å². The SMILES string of the molecule is CCCNC(=O)c1ccc(-c2cc3c(cc2C(=O)Nc2ccc4c(N)nccc4c2)-c2sccc2CCO3)c(C(=O)OC)n1. The van der Waals surface area contributed by atoms with E-state index in [0.29, 0.717) is 41.5 Å². The molecule has 2 aromatic carbocycles. The van der Waals surface area contributed by atoms with Gasteiger partial charge in [0.05, 0.1) is 13.7 Å². The van der Waals surface area contributed by atoms with Crippen molar-refractivity contribution in [1.82, 2.24) is 15.3 Å². The van der Waals surface area contributed by atoms with Gasteiger partial charge in [-0.3, -0.25) is 9.59 Å². The van der Waals surface area contributed by atoms with Crippen LogP contribution >= 0.6 is 11.3 Å². The zero-order valence-electron chi connectivity index (χ0n) is 24.1. The molecule has 10 nitrogen and oxygen atoms in total. The minimum absolute atomic E-state index is 0.0627. The number of esters is 1. The molecule has 0 aliphatic carbocycles. The average Bonchev–Trinajstić information content (AvgIpc) is 3.44. The van der Waals surface area contributed by atoms with Gasteiger partial charge in [0.25, 0.3) is 11.8 Å². The Morgan fingerprint density at radius 1 is 1.02 bits per heavy atom. The standard InChI is InChI=1S/C33H29N5O5S/c1-3-11-36-32(40)26-7-6-22(28(38-26)33(41)42-2)23-17-27-25(29-18(9-13-43-27)10-14-44-29)16-24(23)31(39)37-20-4-5-21-19(15-20)8-12-35-30(21)34/h4-8,10,12,14-17H,3,9,11,13H2,1-2H3,(H2,34,35)(H,36,40)(H,37,39). The smallest absolute Gasteiger partial charge is 0.357 e. The quantitative estimate of drug-likeness (QED) is 0.199. The number of aromatic nitrogens is 2. The molecule has 0 spiro atoms. The third-order valence-corrected chi connectivity index (χ3v) is 8.36. The third-order valence-electron chi connectivity index (χ3n) is 7.37. The lowest BCUT2D eigenvalue weighted by molar-refractivity contribution is 0.0594. The maximum atomic E-state index is 14.1. The molecule has 0 radical (unpaired) electrons. The summed E-state index contributed by atoms with van der Waals surface area (Å²) in [5, 5.41) is 9.38. The molecule has 0 bridgehead atoms. The first-order valence-electron chi connectivity index (χ1n) is 14.1. The predicted octanol–water partition coefficient (Wildman–Crippen LogP) is 5.72. The number of benzene rings is 2. The number of nitrogen functional groups attached to an aromatic ring is 1. The maximum Gasteiger partial charge on any atom is 0.357 e. The van der Waals surface area contributed by atoms with E-state index in [-0.39, 0.29) is 17.0 Å². The number of nitrogens with two attached hydrogens (primary N) is 1. The Balaban J connectivity index is 1.50. The number of rotatable bonds is 7. The average molecular weight is 608 g/mol. The molecule has 0 saturated carbocycles. The van der Waals surface area contributed by atoms with Crippen molar-refractivity contribution in [2.75, 3.05) is 31.3 Å². The molecule has 0 unspecified atom stereocenters. The molecule has 4 N–H and O–H groups in total. The van der Waals surface area contributed by atoms with Crippen LogP contribution in [0.4, 0.5) is 11.5 Å². The van der Waals surface area contributed by atoms with Crippen LogP contribution in [-0.2, 0) is 11.2 Å². The molecule has 1 aliphatic heterocycles. The molecule has 44 heavy (non-hydrogen) atoms. The lowest BCUT2D eigenvalue weighted by Crippen LogP contribution is -2.26. The Morgan fingerprint density at radius 3 is 2.70 bits per heavy atom. The summed E-state index contributed by atoms with van der Waals surface area (Å²) in [6.07, 6.45) is 3.07. The molecular weight excluding hydrogens is 578 g/mol. The number of fused-ring (bicyclic) bond motifs is 4. The molecule has 5 aromatic rings. The van der Waals surface area contributed by atoms with Crippen LogP contribution in [0, 0.1) is 0 Å². The van der Waals surface area contributed by atoms with Crippen LogP contribution in [0.25, 0.3) is 32.3 Å². The number of pyridine rings is 2. The largest absolute Gasteiger partial charge is 0.493 e. The van der Waals surface area contributed by atoms with Crippen molar-refractivity contribution >= 4 is 51.4 Å². The summed E-state index contributed by atoms with van der Waals surface area (Å²) in [7, 11) is 1.24. The summed E-state index contributed by atoms with van der Waals surface area (Å²) in [6.45, 7) is 2.85. The summed E-state index contributed by atoms with van der Waals surface area (Å²) in [6, 6.07) is 15.9. The minimum atomic E-state index is -0.742. The number of anilines is 2. The molecule has 2 amide bonds. The molecule has 0 atom stereocenters. The van der Waals surface area contributed by atoms with E-state index < -0.39 is 17.8 Å².